The molecule has 0 saturated carbocycles. The van der Waals surface area contributed by atoms with Crippen molar-refractivity contribution in [3.8, 4) is 0 Å². The molecule has 0 amide bonds. The van der Waals surface area contributed by atoms with Gasteiger partial charge in [-0.2, -0.15) is 0 Å². The van der Waals surface area contributed by atoms with Crippen LogP contribution in [0.25, 0.3) is 0 Å². The van der Waals surface area contributed by atoms with Gasteiger partial charge in [0.25, 0.3) is 5.56 Å². The van der Waals surface area contributed by atoms with Crippen LogP contribution in [0.5, 0.6) is 0 Å². The first-order valence-electron chi connectivity index (χ1n) is 5.67. The van der Waals surface area contributed by atoms with Gasteiger partial charge in [0.05, 0.1) is 18.7 Å². The molecule has 0 aromatic carbocycles. The summed E-state index contributed by atoms with van der Waals surface area (Å²) >= 11 is 0. The van der Waals surface area contributed by atoms with Crippen LogP contribution in [0, 0.1) is 0 Å². The second-order valence-electron chi connectivity index (χ2n) is 4.44. The van der Waals surface area contributed by atoms with Crippen LogP contribution in [-0.4, -0.2) is 39.3 Å². The maximum absolute atomic E-state index is 12.0. The summed E-state index contributed by atoms with van der Waals surface area (Å²) in [6.45, 7) is 1.54. The molecule has 1 N–H and O–H groups in total. The molecule has 0 saturated heterocycles. The summed E-state index contributed by atoms with van der Waals surface area (Å²) in [6, 6.07) is 0. The zero-order valence-corrected chi connectivity index (χ0v) is 10.1. The number of fused-ring (bicyclic) bond motifs is 1. The molecule has 94 valence electrons. The normalized spacial score (nSPS) is 15.9. The highest BCUT2D eigenvalue weighted by molar-refractivity contribution is 5.21. The largest absolute Gasteiger partial charge is 0.395 e. The van der Waals surface area contributed by atoms with Crippen LogP contribution in [0.3, 0.4) is 0 Å². The lowest BCUT2D eigenvalue weighted by Gasteiger charge is -2.27. The molecule has 0 radical (unpaired) electrons. The molecule has 6 heteroatoms. The summed E-state index contributed by atoms with van der Waals surface area (Å²) in [5.41, 5.74) is 0.901. The predicted octanol–water partition coefficient (Wildman–Crippen LogP) is -1.47. The van der Waals surface area contributed by atoms with Gasteiger partial charge in [-0.3, -0.25) is 13.9 Å². The summed E-state index contributed by atoms with van der Waals surface area (Å²) in [5.74, 6) is 0. The van der Waals surface area contributed by atoms with Gasteiger partial charge in [-0.25, -0.2) is 4.79 Å². The van der Waals surface area contributed by atoms with Crippen molar-refractivity contribution < 1.29 is 5.11 Å². The maximum Gasteiger partial charge on any atom is 0.331 e. The maximum atomic E-state index is 12.0. The number of likely N-dealkylation sites (N-methyl/N-ethyl adjacent to an activating group) is 1. The molecule has 2 rings (SSSR count). The first-order valence-corrected chi connectivity index (χ1v) is 5.67. The molecule has 0 fully saturated rings. The van der Waals surface area contributed by atoms with Crippen molar-refractivity contribution >= 4 is 0 Å². The number of rotatable bonds is 2. The molecule has 0 bridgehead atoms. The van der Waals surface area contributed by atoms with Crippen molar-refractivity contribution in [2.24, 2.45) is 7.05 Å². The van der Waals surface area contributed by atoms with E-state index < -0.39 is 0 Å². The Morgan fingerprint density at radius 3 is 2.65 bits per heavy atom. The van der Waals surface area contributed by atoms with E-state index in [0.717, 1.165) is 16.8 Å². The zero-order valence-electron chi connectivity index (χ0n) is 10.1. The Kier molecular flexibility index (Phi) is 3.17. The number of hydrogen-bond donors (Lipinski definition) is 1. The molecule has 0 aliphatic carbocycles. The second-order valence-corrected chi connectivity index (χ2v) is 4.44. The number of aliphatic hydroxyl groups is 1. The van der Waals surface area contributed by atoms with Crippen LogP contribution in [-0.2, 0) is 26.6 Å². The molecule has 2 heterocycles. The van der Waals surface area contributed by atoms with Crippen LogP contribution in [0.2, 0.25) is 0 Å². The Morgan fingerprint density at radius 1 is 1.29 bits per heavy atom. The molecule has 0 atom stereocenters. The lowest BCUT2D eigenvalue weighted by Crippen LogP contribution is -2.46. The fourth-order valence-electron chi connectivity index (χ4n) is 2.29. The van der Waals surface area contributed by atoms with E-state index in [9.17, 15) is 9.59 Å². The van der Waals surface area contributed by atoms with Crippen LogP contribution < -0.4 is 11.2 Å². The van der Waals surface area contributed by atoms with Gasteiger partial charge in [0.1, 0.15) is 0 Å². The first-order chi connectivity index (χ1) is 8.06. The van der Waals surface area contributed by atoms with E-state index in [4.69, 9.17) is 5.11 Å². The topological polar surface area (TPSA) is 67.5 Å². The minimum atomic E-state index is -0.340. The van der Waals surface area contributed by atoms with E-state index in [2.05, 4.69) is 4.90 Å². The monoisotopic (exact) mass is 239 g/mol. The third-order valence-electron chi connectivity index (χ3n) is 3.24. The van der Waals surface area contributed by atoms with Crippen molar-refractivity contribution in [2.75, 3.05) is 20.2 Å². The quantitative estimate of drug-likeness (QED) is 0.684. The van der Waals surface area contributed by atoms with Gasteiger partial charge < -0.3 is 10.0 Å². The Balaban J connectivity index is 2.69. The van der Waals surface area contributed by atoms with E-state index >= 15 is 0 Å². The Morgan fingerprint density at radius 2 is 2.00 bits per heavy atom. The smallest absolute Gasteiger partial charge is 0.331 e. The summed E-state index contributed by atoms with van der Waals surface area (Å²) < 4.78 is 2.64. The Labute approximate surface area is 98.7 Å². The van der Waals surface area contributed by atoms with Crippen LogP contribution in [0.4, 0.5) is 0 Å². The van der Waals surface area contributed by atoms with Crippen molar-refractivity contribution in [3.05, 3.63) is 32.1 Å². The average Bonchev–Trinajstić information content (AvgIpc) is 2.32. The third kappa shape index (κ3) is 1.94. The van der Waals surface area contributed by atoms with Gasteiger partial charge in [0.2, 0.25) is 0 Å². The summed E-state index contributed by atoms with van der Waals surface area (Å²) in [6.07, 6.45) is 0.678. The van der Waals surface area contributed by atoms with E-state index in [1.807, 2.05) is 7.05 Å². The van der Waals surface area contributed by atoms with Crippen molar-refractivity contribution in [1.29, 1.82) is 0 Å². The Bertz CT molecular complexity index is 513. The molecular weight excluding hydrogens is 222 g/mol. The predicted molar refractivity (Wildman–Crippen MR) is 63.1 cm³/mol. The highest BCUT2D eigenvalue weighted by Crippen LogP contribution is 2.12. The molecule has 1 aromatic heterocycles. The average molecular weight is 239 g/mol. The Hall–Kier alpha value is -1.40. The molecule has 17 heavy (non-hydrogen) atoms. The van der Waals surface area contributed by atoms with E-state index in [0.29, 0.717) is 18.5 Å². The molecule has 0 spiro atoms. The van der Waals surface area contributed by atoms with Gasteiger partial charge in [-0.05, 0) is 7.05 Å². The highest BCUT2D eigenvalue weighted by atomic mass is 16.3. The summed E-state index contributed by atoms with van der Waals surface area (Å²) in [5, 5.41) is 9.00. The minimum Gasteiger partial charge on any atom is -0.395 e. The van der Waals surface area contributed by atoms with E-state index in [-0.39, 0.29) is 24.4 Å². The third-order valence-corrected chi connectivity index (χ3v) is 3.24. The summed E-state index contributed by atoms with van der Waals surface area (Å²) in [4.78, 5) is 26.0. The fourth-order valence-corrected chi connectivity index (χ4v) is 2.29. The lowest BCUT2D eigenvalue weighted by molar-refractivity contribution is 0.259. The number of nitrogens with zero attached hydrogens (tertiary/aromatic N) is 3. The first kappa shape index (κ1) is 12.1. The molecule has 0 unspecified atom stereocenters. The number of hydrogen-bond acceptors (Lipinski definition) is 4. The van der Waals surface area contributed by atoms with Gasteiger partial charge in [-0.1, -0.05) is 0 Å². The van der Waals surface area contributed by atoms with Gasteiger partial charge in [0, 0.05) is 32.3 Å². The lowest BCUT2D eigenvalue weighted by atomic mass is 10.1. The zero-order chi connectivity index (χ0) is 12.6. The second kappa shape index (κ2) is 4.46. The molecule has 6 nitrogen and oxygen atoms in total. The van der Waals surface area contributed by atoms with E-state index in [1.54, 1.807) is 0 Å². The number of aromatic nitrogens is 2. The van der Waals surface area contributed by atoms with Gasteiger partial charge in [0.15, 0.2) is 0 Å². The van der Waals surface area contributed by atoms with Gasteiger partial charge in [-0.15, -0.1) is 0 Å². The molecule has 1 aromatic rings. The highest BCUT2D eigenvalue weighted by Gasteiger charge is 2.22. The van der Waals surface area contributed by atoms with Crippen molar-refractivity contribution in [2.45, 2.75) is 19.5 Å². The van der Waals surface area contributed by atoms with Crippen molar-refractivity contribution in [3.63, 3.8) is 0 Å². The van der Waals surface area contributed by atoms with E-state index in [1.165, 1.54) is 11.6 Å². The molecular formula is C11H17N3O3. The fraction of sp³-hybridized carbons (Fsp3) is 0.636. The minimum absolute atomic E-state index is 0.0968. The summed E-state index contributed by atoms with van der Waals surface area (Å²) in [7, 11) is 3.43. The van der Waals surface area contributed by atoms with Gasteiger partial charge >= 0.3 is 5.69 Å². The number of aliphatic hydroxyl groups excluding tert-OH is 1. The SMILES string of the molecule is CN1CCc2c(c(=O)n(C)c(=O)n2CCO)C1. The van der Waals surface area contributed by atoms with Crippen LogP contribution in [0.1, 0.15) is 11.3 Å². The molecule has 1 aliphatic heterocycles. The molecule has 1 aliphatic rings. The van der Waals surface area contributed by atoms with Crippen molar-refractivity contribution in [1.82, 2.24) is 14.0 Å². The van der Waals surface area contributed by atoms with Crippen LogP contribution in [0.15, 0.2) is 9.59 Å². The van der Waals surface area contributed by atoms with Crippen LogP contribution >= 0.6 is 0 Å². The standard InChI is InChI=1S/C11H17N3O3/c1-12-4-3-9-8(7-12)10(16)13(2)11(17)14(9)5-6-15/h15H,3-7H2,1-2H3.